The van der Waals surface area contributed by atoms with Crippen molar-refractivity contribution in [1.29, 1.82) is 0 Å². The van der Waals surface area contributed by atoms with Crippen molar-refractivity contribution < 1.29 is 14.4 Å². The zero-order valence-electron chi connectivity index (χ0n) is 10.6. The minimum Gasteiger partial charge on any atom is -0.355 e. The number of nitrogens with zero attached hydrogens (tertiary/aromatic N) is 1. The van der Waals surface area contributed by atoms with E-state index >= 15 is 0 Å². The number of likely N-dealkylation sites (N-methyl/N-ethyl adjacent to an activating group) is 1. The minimum absolute atomic E-state index is 0.0418. The summed E-state index contributed by atoms with van der Waals surface area (Å²) in [5.74, 6) is -0.425. The molecule has 2 aliphatic rings. The van der Waals surface area contributed by atoms with Crippen molar-refractivity contribution in [2.75, 3.05) is 13.6 Å². The molecule has 2 atom stereocenters. The van der Waals surface area contributed by atoms with Crippen molar-refractivity contribution in [3.63, 3.8) is 0 Å². The SMILES string of the molecule is CN1C(=O)CCC(NC2CCCCNC2=O)C1=O. The van der Waals surface area contributed by atoms with Crippen molar-refractivity contribution >= 4 is 17.7 Å². The van der Waals surface area contributed by atoms with Crippen LogP contribution in [0.1, 0.15) is 32.1 Å². The molecule has 2 heterocycles. The first-order valence-electron chi connectivity index (χ1n) is 6.44. The van der Waals surface area contributed by atoms with Crippen LogP contribution >= 0.6 is 0 Å². The number of hydrogen-bond donors (Lipinski definition) is 2. The number of amides is 3. The van der Waals surface area contributed by atoms with Crippen LogP contribution < -0.4 is 10.6 Å². The van der Waals surface area contributed by atoms with Crippen LogP contribution in [0.5, 0.6) is 0 Å². The molecule has 3 amide bonds. The highest BCUT2D eigenvalue weighted by Gasteiger charge is 2.34. The van der Waals surface area contributed by atoms with Gasteiger partial charge in [0.05, 0.1) is 12.1 Å². The molecular weight excluding hydrogens is 234 g/mol. The molecule has 18 heavy (non-hydrogen) atoms. The number of rotatable bonds is 2. The van der Waals surface area contributed by atoms with Crippen LogP contribution in [0, 0.1) is 0 Å². The number of carbonyl (C=O) groups is 3. The Morgan fingerprint density at radius 1 is 1.17 bits per heavy atom. The summed E-state index contributed by atoms with van der Waals surface area (Å²) in [5.41, 5.74) is 0. The molecule has 100 valence electrons. The van der Waals surface area contributed by atoms with Gasteiger partial charge in [-0.05, 0) is 25.7 Å². The van der Waals surface area contributed by atoms with Gasteiger partial charge in [0.15, 0.2) is 0 Å². The molecular formula is C12H19N3O3. The first-order valence-corrected chi connectivity index (χ1v) is 6.44. The average Bonchev–Trinajstić information content (AvgIpc) is 2.56. The average molecular weight is 253 g/mol. The van der Waals surface area contributed by atoms with E-state index < -0.39 is 6.04 Å². The van der Waals surface area contributed by atoms with E-state index in [1.807, 2.05) is 0 Å². The van der Waals surface area contributed by atoms with E-state index in [1.165, 1.54) is 7.05 Å². The molecule has 2 saturated heterocycles. The third kappa shape index (κ3) is 2.69. The molecule has 2 rings (SSSR count). The lowest BCUT2D eigenvalue weighted by atomic mass is 10.0. The molecule has 2 N–H and O–H groups in total. The molecule has 0 radical (unpaired) electrons. The summed E-state index contributed by atoms with van der Waals surface area (Å²) in [6.45, 7) is 0.702. The predicted molar refractivity (Wildman–Crippen MR) is 64.6 cm³/mol. The summed E-state index contributed by atoms with van der Waals surface area (Å²) < 4.78 is 0. The summed E-state index contributed by atoms with van der Waals surface area (Å²) in [7, 11) is 1.49. The summed E-state index contributed by atoms with van der Waals surface area (Å²) in [6.07, 6.45) is 3.51. The standard InChI is InChI=1S/C12H19N3O3/c1-15-10(16)6-5-9(12(15)18)14-8-4-2-3-7-13-11(8)17/h8-9,14H,2-7H2,1H3,(H,13,17). The fourth-order valence-electron chi connectivity index (χ4n) is 2.41. The molecule has 2 aliphatic heterocycles. The molecule has 0 aliphatic carbocycles. The second-order valence-corrected chi connectivity index (χ2v) is 4.89. The maximum atomic E-state index is 11.9. The van der Waals surface area contributed by atoms with E-state index in [4.69, 9.17) is 0 Å². The normalized spacial score (nSPS) is 30.1. The van der Waals surface area contributed by atoms with Crippen LogP contribution in [0.4, 0.5) is 0 Å². The van der Waals surface area contributed by atoms with Gasteiger partial charge in [0.25, 0.3) is 0 Å². The highest BCUT2D eigenvalue weighted by Crippen LogP contribution is 2.14. The van der Waals surface area contributed by atoms with Gasteiger partial charge in [-0.3, -0.25) is 24.6 Å². The fourth-order valence-corrected chi connectivity index (χ4v) is 2.41. The molecule has 0 aromatic heterocycles. The van der Waals surface area contributed by atoms with Crippen molar-refractivity contribution in [3.8, 4) is 0 Å². The molecule has 6 nitrogen and oxygen atoms in total. The quantitative estimate of drug-likeness (QED) is 0.644. The van der Waals surface area contributed by atoms with Crippen LogP contribution in [0.2, 0.25) is 0 Å². The van der Waals surface area contributed by atoms with E-state index in [0.29, 0.717) is 19.4 Å². The second kappa shape index (κ2) is 5.48. The van der Waals surface area contributed by atoms with Crippen LogP contribution in [-0.4, -0.2) is 48.3 Å². The van der Waals surface area contributed by atoms with Crippen molar-refractivity contribution in [1.82, 2.24) is 15.5 Å². The van der Waals surface area contributed by atoms with Gasteiger partial charge in [0.1, 0.15) is 0 Å². The number of hydrogen-bond acceptors (Lipinski definition) is 4. The second-order valence-electron chi connectivity index (χ2n) is 4.89. The Labute approximate surface area is 106 Å². The molecule has 2 unspecified atom stereocenters. The van der Waals surface area contributed by atoms with Crippen LogP contribution in [0.15, 0.2) is 0 Å². The van der Waals surface area contributed by atoms with Crippen molar-refractivity contribution in [2.24, 2.45) is 0 Å². The summed E-state index contributed by atoms with van der Waals surface area (Å²) in [4.78, 5) is 36.2. The molecule has 2 fully saturated rings. The van der Waals surface area contributed by atoms with Gasteiger partial charge in [-0.2, -0.15) is 0 Å². The van der Waals surface area contributed by atoms with E-state index in [-0.39, 0.29) is 23.8 Å². The monoisotopic (exact) mass is 253 g/mol. The van der Waals surface area contributed by atoms with Crippen LogP contribution in [0.3, 0.4) is 0 Å². The summed E-state index contributed by atoms with van der Waals surface area (Å²) in [6, 6.07) is -0.732. The van der Waals surface area contributed by atoms with Crippen LogP contribution in [0.25, 0.3) is 0 Å². The van der Waals surface area contributed by atoms with Crippen molar-refractivity contribution in [3.05, 3.63) is 0 Å². The first kappa shape index (κ1) is 13.0. The van der Waals surface area contributed by atoms with Crippen molar-refractivity contribution in [2.45, 2.75) is 44.2 Å². The smallest absolute Gasteiger partial charge is 0.246 e. The van der Waals surface area contributed by atoms with Gasteiger partial charge in [-0.15, -0.1) is 0 Å². The maximum Gasteiger partial charge on any atom is 0.246 e. The number of nitrogens with one attached hydrogen (secondary N) is 2. The van der Waals surface area contributed by atoms with Gasteiger partial charge < -0.3 is 5.32 Å². The zero-order chi connectivity index (χ0) is 13.1. The molecule has 0 saturated carbocycles. The highest BCUT2D eigenvalue weighted by molar-refractivity contribution is 6.00. The number of imide groups is 1. The van der Waals surface area contributed by atoms with Gasteiger partial charge in [-0.25, -0.2) is 0 Å². The third-order valence-electron chi connectivity index (χ3n) is 3.59. The number of piperidine rings is 1. The molecule has 0 aromatic carbocycles. The Morgan fingerprint density at radius 3 is 2.72 bits per heavy atom. The molecule has 0 spiro atoms. The summed E-state index contributed by atoms with van der Waals surface area (Å²) in [5, 5.41) is 5.92. The lowest BCUT2D eigenvalue weighted by molar-refractivity contribution is -0.148. The number of carbonyl (C=O) groups excluding carboxylic acids is 3. The first-order chi connectivity index (χ1) is 8.59. The van der Waals surface area contributed by atoms with Crippen LogP contribution in [-0.2, 0) is 14.4 Å². The van der Waals surface area contributed by atoms with Gasteiger partial charge in [0.2, 0.25) is 17.7 Å². The molecule has 6 heteroatoms. The molecule has 0 aromatic rings. The Hall–Kier alpha value is -1.43. The van der Waals surface area contributed by atoms with E-state index in [1.54, 1.807) is 0 Å². The summed E-state index contributed by atoms with van der Waals surface area (Å²) >= 11 is 0. The highest BCUT2D eigenvalue weighted by atomic mass is 16.2. The largest absolute Gasteiger partial charge is 0.355 e. The third-order valence-corrected chi connectivity index (χ3v) is 3.59. The van der Waals surface area contributed by atoms with E-state index in [0.717, 1.165) is 24.2 Å². The lowest BCUT2D eigenvalue weighted by Crippen LogP contribution is -2.56. The maximum absolute atomic E-state index is 11.9. The Kier molecular flexibility index (Phi) is 3.96. The Balaban J connectivity index is 1.98. The fraction of sp³-hybridized carbons (Fsp3) is 0.750. The van der Waals surface area contributed by atoms with Gasteiger partial charge in [-0.1, -0.05) is 0 Å². The van der Waals surface area contributed by atoms with Gasteiger partial charge in [0, 0.05) is 20.0 Å². The molecule has 0 bridgehead atoms. The zero-order valence-corrected chi connectivity index (χ0v) is 10.6. The predicted octanol–water partition coefficient (Wildman–Crippen LogP) is -0.608. The van der Waals surface area contributed by atoms with E-state index in [9.17, 15) is 14.4 Å². The Bertz CT molecular complexity index is 370. The Morgan fingerprint density at radius 2 is 1.94 bits per heavy atom. The topological polar surface area (TPSA) is 78.5 Å². The van der Waals surface area contributed by atoms with Gasteiger partial charge >= 0.3 is 0 Å². The lowest BCUT2D eigenvalue weighted by Gasteiger charge is -2.30. The van der Waals surface area contributed by atoms with E-state index in [2.05, 4.69) is 10.6 Å². The number of likely N-dealkylation sites (tertiary alicyclic amines) is 1. The minimum atomic E-state index is -0.415.